The number of hydrogen-bond donors (Lipinski definition) is 2. The van der Waals surface area contributed by atoms with Gasteiger partial charge < -0.3 is 10.5 Å². The van der Waals surface area contributed by atoms with Crippen molar-refractivity contribution in [3.8, 4) is 5.75 Å². The molecule has 0 unspecified atom stereocenters. The van der Waals surface area contributed by atoms with Crippen LogP contribution in [0.25, 0.3) is 0 Å². The lowest BCUT2D eigenvalue weighted by Gasteiger charge is -2.11. The topological polar surface area (TPSA) is 59.1 Å². The molecule has 4 heteroatoms. The number of aryl methyl sites for hydroxylation is 1. The zero-order valence-corrected chi connectivity index (χ0v) is 11.4. The summed E-state index contributed by atoms with van der Waals surface area (Å²) >= 11 is 5.83. The molecule has 0 aromatic heterocycles. The van der Waals surface area contributed by atoms with Crippen molar-refractivity contribution in [1.29, 1.82) is 5.41 Å². The summed E-state index contributed by atoms with van der Waals surface area (Å²) in [6.45, 7) is 2.39. The van der Waals surface area contributed by atoms with E-state index in [9.17, 15) is 0 Å². The van der Waals surface area contributed by atoms with Crippen LogP contribution >= 0.6 is 11.6 Å². The van der Waals surface area contributed by atoms with Crippen LogP contribution in [-0.2, 0) is 6.61 Å². The maximum atomic E-state index is 7.54. The molecule has 0 aliphatic carbocycles. The molecular weight excluding hydrogens is 260 g/mol. The highest BCUT2D eigenvalue weighted by atomic mass is 35.5. The minimum atomic E-state index is 0.00565. The SMILES string of the molecule is Cc1ccc(C(=N)N)c(OCc2ccc(Cl)cc2)c1. The number of nitrogens with one attached hydrogen (secondary N) is 1. The molecule has 0 saturated carbocycles. The van der Waals surface area contributed by atoms with Crippen LogP contribution in [0.2, 0.25) is 5.02 Å². The molecule has 2 aromatic rings. The molecule has 0 aliphatic heterocycles. The second-order valence-electron chi connectivity index (χ2n) is 4.33. The largest absolute Gasteiger partial charge is 0.488 e. The van der Waals surface area contributed by atoms with Gasteiger partial charge in [0.2, 0.25) is 0 Å². The average Bonchev–Trinajstić information content (AvgIpc) is 2.38. The van der Waals surface area contributed by atoms with E-state index in [-0.39, 0.29) is 5.84 Å². The van der Waals surface area contributed by atoms with Crippen LogP contribution in [0.15, 0.2) is 42.5 Å². The van der Waals surface area contributed by atoms with Gasteiger partial charge in [-0.15, -0.1) is 0 Å². The maximum Gasteiger partial charge on any atom is 0.130 e. The molecule has 0 amide bonds. The van der Waals surface area contributed by atoms with E-state index in [1.165, 1.54) is 0 Å². The number of nitrogen functional groups attached to an aromatic ring is 1. The molecule has 3 nitrogen and oxygen atoms in total. The predicted molar refractivity (Wildman–Crippen MR) is 78.0 cm³/mol. The molecule has 98 valence electrons. The molecule has 2 rings (SSSR count). The van der Waals surface area contributed by atoms with Crippen molar-refractivity contribution >= 4 is 17.4 Å². The summed E-state index contributed by atoms with van der Waals surface area (Å²) in [6, 6.07) is 13.1. The summed E-state index contributed by atoms with van der Waals surface area (Å²) in [5.41, 5.74) is 8.23. The van der Waals surface area contributed by atoms with Gasteiger partial charge in [0.1, 0.15) is 18.2 Å². The van der Waals surface area contributed by atoms with Gasteiger partial charge in [-0.1, -0.05) is 29.8 Å². The van der Waals surface area contributed by atoms with Crippen LogP contribution in [0, 0.1) is 12.3 Å². The lowest BCUT2D eigenvalue weighted by molar-refractivity contribution is 0.305. The highest BCUT2D eigenvalue weighted by Gasteiger charge is 2.07. The minimum absolute atomic E-state index is 0.00565. The first-order chi connectivity index (χ1) is 9.06. The Labute approximate surface area is 117 Å². The van der Waals surface area contributed by atoms with E-state index in [4.69, 9.17) is 27.5 Å². The number of rotatable bonds is 4. The zero-order chi connectivity index (χ0) is 13.8. The highest BCUT2D eigenvalue weighted by molar-refractivity contribution is 6.30. The van der Waals surface area contributed by atoms with Gasteiger partial charge >= 0.3 is 0 Å². The third-order valence-corrected chi connectivity index (χ3v) is 2.99. The Kier molecular flexibility index (Phi) is 4.07. The van der Waals surface area contributed by atoms with Gasteiger partial charge in [-0.05, 0) is 42.3 Å². The average molecular weight is 275 g/mol. The monoisotopic (exact) mass is 274 g/mol. The second-order valence-corrected chi connectivity index (χ2v) is 4.76. The van der Waals surface area contributed by atoms with Crippen LogP contribution in [0.3, 0.4) is 0 Å². The summed E-state index contributed by atoms with van der Waals surface area (Å²) in [4.78, 5) is 0. The molecule has 0 saturated heterocycles. The minimum Gasteiger partial charge on any atom is -0.488 e. The molecule has 2 aromatic carbocycles. The molecular formula is C15H15ClN2O. The van der Waals surface area contributed by atoms with E-state index >= 15 is 0 Å². The van der Waals surface area contributed by atoms with Crippen molar-refractivity contribution < 1.29 is 4.74 Å². The standard InChI is InChI=1S/C15H15ClN2O/c1-10-2-7-13(15(17)18)14(8-10)19-9-11-3-5-12(16)6-4-11/h2-8H,9H2,1H3,(H3,17,18). The van der Waals surface area contributed by atoms with Gasteiger partial charge in [0, 0.05) is 5.02 Å². The van der Waals surface area contributed by atoms with Crippen molar-refractivity contribution in [3.05, 3.63) is 64.2 Å². The quantitative estimate of drug-likeness (QED) is 0.662. The Morgan fingerprint density at radius 1 is 1.21 bits per heavy atom. The lowest BCUT2D eigenvalue weighted by atomic mass is 10.1. The van der Waals surface area contributed by atoms with Gasteiger partial charge in [0.15, 0.2) is 0 Å². The van der Waals surface area contributed by atoms with Gasteiger partial charge in [-0.3, -0.25) is 5.41 Å². The Morgan fingerprint density at radius 2 is 1.89 bits per heavy atom. The zero-order valence-electron chi connectivity index (χ0n) is 10.6. The van der Waals surface area contributed by atoms with Gasteiger partial charge in [0.05, 0.1) is 5.56 Å². The van der Waals surface area contributed by atoms with Gasteiger partial charge in [0.25, 0.3) is 0 Å². The fraction of sp³-hybridized carbons (Fsp3) is 0.133. The molecule has 0 heterocycles. The smallest absolute Gasteiger partial charge is 0.130 e. The third kappa shape index (κ3) is 3.48. The van der Waals surface area contributed by atoms with E-state index in [0.29, 0.717) is 22.9 Å². The van der Waals surface area contributed by atoms with E-state index in [1.54, 1.807) is 6.07 Å². The first-order valence-electron chi connectivity index (χ1n) is 5.88. The van der Waals surface area contributed by atoms with Crippen LogP contribution < -0.4 is 10.5 Å². The van der Waals surface area contributed by atoms with Crippen molar-refractivity contribution in [1.82, 2.24) is 0 Å². The van der Waals surface area contributed by atoms with Crippen LogP contribution in [0.4, 0.5) is 0 Å². The molecule has 0 fully saturated rings. The number of amidine groups is 1. The number of halogens is 1. The Bertz CT molecular complexity index is 594. The van der Waals surface area contributed by atoms with E-state index in [2.05, 4.69) is 0 Å². The van der Waals surface area contributed by atoms with Gasteiger partial charge in [-0.2, -0.15) is 0 Å². The summed E-state index contributed by atoms with van der Waals surface area (Å²) in [5.74, 6) is 0.633. The van der Waals surface area contributed by atoms with Crippen LogP contribution in [-0.4, -0.2) is 5.84 Å². The summed E-state index contributed by atoms with van der Waals surface area (Å²) in [7, 11) is 0. The normalized spacial score (nSPS) is 10.2. The van der Waals surface area contributed by atoms with Crippen molar-refractivity contribution in [3.63, 3.8) is 0 Å². The molecule has 0 spiro atoms. The number of ether oxygens (including phenoxy) is 1. The van der Waals surface area contributed by atoms with Crippen LogP contribution in [0.1, 0.15) is 16.7 Å². The summed E-state index contributed by atoms with van der Waals surface area (Å²) < 4.78 is 5.74. The highest BCUT2D eigenvalue weighted by Crippen LogP contribution is 2.21. The number of nitrogens with two attached hydrogens (primary N) is 1. The van der Waals surface area contributed by atoms with E-state index in [0.717, 1.165) is 11.1 Å². The first kappa shape index (κ1) is 13.4. The fourth-order valence-corrected chi connectivity index (χ4v) is 1.84. The van der Waals surface area contributed by atoms with E-state index < -0.39 is 0 Å². The molecule has 19 heavy (non-hydrogen) atoms. The second kappa shape index (κ2) is 5.76. The first-order valence-corrected chi connectivity index (χ1v) is 6.26. The Balaban J connectivity index is 2.16. The van der Waals surface area contributed by atoms with Crippen molar-refractivity contribution in [2.45, 2.75) is 13.5 Å². The lowest BCUT2D eigenvalue weighted by Crippen LogP contribution is -2.13. The van der Waals surface area contributed by atoms with Gasteiger partial charge in [-0.25, -0.2) is 0 Å². The molecule has 3 N–H and O–H groups in total. The number of hydrogen-bond acceptors (Lipinski definition) is 2. The van der Waals surface area contributed by atoms with Crippen molar-refractivity contribution in [2.24, 2.45) is 5.73 Å². The summed E-state index contributed by atoms with van der Waals surface area (Å²) in [6.07, 6.45) is 0. The third-order valence-electron chi connectivity index (χ3n) is 2.73. The molecule has 0 aliphatic rings. The van der Waals surface area contributed by atoms with E-state index in [1.807, 2.05) is 43.3 Å². The predicted octanol–water partition coefficient (Wildman–Crippen LogP) is 3.51. The Morgan fingerprint density at radius 3 is 2.53 bits per heavy atom. The maximum absolute atomic E-state index is 7.54. The molecule has 0 bridgehead atoms. The Hall–Kier alpha value is -2.00. The molecule has 0 radical (unpaired) electrons. The van der Waals surface area contributed by atoms with Crippen LogP contribution in [0.5, 0.6) is 5.75 Å². The molecule has 0 atom stereocenters. The summed E-state index contributed by atoms with van der Waals surface area (Å²) in [5, 5.41) is 8.24. The fourth-order valence-electron chi connectivity index (χ4n) is 1.71. The number of benzene rings is 2. The van der Waals surface area contributed by atoms with Crippen molar-refractivity contribution in [2.75, 3.05) is 0 Å².